The smallest absolute Gasteiger partial charge is 0.252 e. The molecular formula is C56H33BN4. The summed E-state index contributed by atoms with van der Waals surface area (Å²) in [7, 11) is 0. The Bertz CT molecular complexity index is 3620. The first-order valence-electron chi connectivity index (χ1n) is 21.0. The molecule has 14 rings (SSSR count). The van der Waals surface area contributed by atoms with Crippen LogP contribution in [0.3, 0.4) is 0 Å². The number of benzene rings is 9. The Balaban J connectivity index is 1.13. The van der Waals surface area contributed by atoms with Gasteiger partial charge in [-0.1, -0.05) is 158 Å². The quantitative estimate of drug-likeness (QED) is 0.167. The summed E-state index contributed by atoms with van der Waals surface area (Å²) in [6.07, 6.45) is 0. The molecule has 9 aromatic carbocycles. The summed E-state index contributed by atoms with van der Waals surface area (Å²) < 4.78 is 5.11. The monoisotopic (exact) mass is 772 g/mol. The molecule has 0 bridgehead atoms. The lowest BCUT2D eigenvalue weighted by atomic mass is 9.34. The summed E-state index contributed by atoms with van der Waals surface area (Å²) in [5.74, 6) is 0.721. The third-order valence-electron chi connectivity index (χ3n) is 13.3. The fourth-order valence-corrected chi connectivity index (χ4v) is 10.7. The zero-order valence-electron chi connectivity index (χ0n) is 32.9. The molecule has 3 aromatic heterocycles. The van der Waals surface area contributed by atoms with Gasteiger partial charge in [0.25, 0.3) is 6.71 Å². The van der Waals surface area contributed by atoms with Gasteiger partial charge in [-0.3, -0.25) is 0 Å². The minimum absolute atomic E-state index is 0.0317. The molecular weight excluding hydrogens is 739 g/mol. The lowest BCUT2D eigenvalue weighted by Crippen LogP contribution is -2.59. The van der Waals surface area contributed by atoms with E-state index in [2.05, 4.69) is 203 Å². The second-order valence-corrected chi connectivity index (χ2v) is 16.5. The number of rotatable bonds is 4. The number of fused-ring (bicyclic) bond motifs is 11. The summed E-state index contributed by atoms with van der Waals surface area (Å²) in [6, 6.07) is 73.0. The molecule has 0 spiro atoms. The molecule has 0 radical (unpaired) electrons. The van der Waals surface area contributed by atoms with E-state index in [1.807, 2.05) is 6.07 Å². The van der Waals surface area contributed by atoms with Gasteiger partial charge in [0.15, 0.2) is 5.82 Å². The summed E-state index contributed by atoms with van der Waals surface area (Å²) in [5, 5.41) is 6.08. The van der Waals surface area contributed by atoms with Crippen molar-refractivity contribution in [1.82, 2.24) is 19.1 Å². The predicted octanol–water partition coefficient (Wildman–Crippen LogP) is 11.6. The maximum atomic E-state index is 5.45. The Hall–Kier alpha value is -8.02. The normalized spacial score (nSPS) is 12.6. The zero-order valence-corrected chi connectivity index (χ0v) is 32.9. The summed E-state index contributed by atoms with van der Waals surface area (Å²) >= 11 is 0. The van der Waals surface area contributed by atoms with Crippen molar-refractivity contribution < 1.29 is 0 Å². The lowest BCUT2D eigenvalue weighted by molar-refractivity contribution is 1.14. The van der Waals surface area contributed by atoms with Crippen molar-refractivity contribution in [1.29, 1.82) is 0 Å². The van der Waals surface area contributed by atoms with Crippen LogP contribution in [0, 0.1) is 0 Å². The first kappa shape index (κ1) is 32.9. The van der Waals surface area contributed by atoms with E-state index in [0.717, 1.165) is 33.5 Å². The number of aromatic nitrogens is 4. The highest BCUT2D eigenvalue weighted by Crippen LogP contribution is 2.43. The second-order valence-electron chi connectivity index (χ2n) is 16.5. The minimum atomic E-state index is 0.0317. The third kappa shape index (κ3) is 4.55. The molecule has 2 aliphatic heterocycles. The Morgan fingerprint density at radius 1 is 0.344 bits per heavy atom. The van der Waals surface area contributed by atoms with Crippen LogP contribution in [0.15, 0.2) is 200 Å². The highest BCUT2D eigenvalue weighted by Gasteiger charge is 2.41. The van der Waals surface area contributed by atoms with Crippen LogP contribution in [0.2, 0.25) is 0 Å². The molecule has 4 nitrogen and oxygen atoms in total. The van der Waals surface area contributed by atoms with Gasteiger partial charge in [-0.25, -0.2) is 9.97 Å². The molecule has 0 atom stereocenters. The maximum absolute atomic E-state index is 5.45. The van der Waals surface area contributed by atoms with E-state index in [1.165, 1.54) is 93.6 Å². The first-order valence-corrected chi connectivity index (χ1v) is 21.0. The number of nitrogens with zero attached hydrogens (tertiary/aromatic N) is 4. The van der Waals surface area contributed by atoms with Crippen LogP contribution >= 0.6 is 0 Å². The van der Waals surface area contributed by atoms with Crippen LogP contribution < -0.4 is 16.4 Å². The van der Waals surface area contributed by atoms with Gasteiger partial charge in [0, 0.05) is 60.5 Å². The van der Waals surface area contributed by atoms with Crippen molar-refractivity contribution in [3.8, 4) is 56.3 Å². The molecule has 0 fully saturated rings. The molecule has 0 saturated carbocycles. The van der Waals surface area contributed by atoms with Gasteiger partial charge in [-0.2, -0.15) is 0 Å². The highest BCUT2D eigenvalue weighted by molar-refractivity contribution is 7.00. The molecule has 61 heavy (non-hydrogen) atoms. The van der Waals surface area contributed by atoms with Gasteiger partial charge < -0.3 is 9.13 Å². The largest absolute Gasteiger partial charge is 0.310 e. The Morgan fingerprint density at radius 2 is 0.836 bits per heavy atom. The van der Waals surface area contributed by atoms with E-state index in [1.54, 1.807) is 0 Å². The number of hydrogen-bond acceptors (Lipinski definition) is 2. The topological polar surface area (TPSA) is 35.6 Å². The van der Waals surface area contributed by atoms with Crippen molar-refractivity contribution in [2.75, 3.05) is 0 Å². The Morgan fingerprint density at radius 3 is 1.39 bits per heavy atom. The van der Waals surface area contributed by atoms with Crippen LogP contribution in [0.4, 0.5) is 0 Å². The molecule has 280 valence electrons. The van der Waals surface area contributed by atoms with Gasteiger partial charge >= 0.3 is 0 Å². The van der Waals surface area contributed by atoms with Crippen molar-refractivity contribution in [2.24, 2.45) is 0 Å². The standard InChI is InChI=1S/C56H33BN4/c1-4-14-34(15-5-1)37-26-28-48-43(30-37)40-21-12-23-45-54(40)60(48)50-32-39(53-42-20-10-11-25-47(42)58-56(59-53)36-18-8-3-9-19-36)33-51-52(50)57(45)46-24-13-22-41-44-31-38(35-16-6-2-7-17-35)27-29-49(44)61(51)55(41)46/h1-33H. The van der Waals surface area contributed by atoms with Crippen molar-refractivity contribution in [2.45, 2.75) is 0 Å². The van der Waals surface area contributed by atoms with Gasteiger partial charge in [0.1, 0.15) is 0 Å². The van der Waals surface area contributed by atoms with Crippen molar-refractivity contribution in [3.63, 3.8) is 0 Å². The molecule has 2 aliphatic rings. The zero-order chi connectivity index (χ0) is 39.8. The Labute approximate surface area is 351 Å². The molecule has 5 heterocycles. The SMILES string of the molecule is c1ccc(-c2ccc3c(c2)c2cccc4c2n3-c2cc(-c3nc(-c5ccccc5)nc5ccccc35)cc3c2B4c2cccc4c5cc(-c6ccccc6)ccc5n-3c24)cc1. The molecule has 12 aromatic rings. The predicted molar refractivity (Wildman–Crippen MR) is 255 cm³/mol. The van der Waals surface area contributed by atoms with Gasteiger partial charge in [0.05, 0.1) is 22.2 Å². The Kier molecular flexibility index (Phi) is 6.61. The molecule has 0 saturated heterocycles. The molecule has 5 heteroatoms. The molecule has 0 unspecified atom stereocenters. The third-order valence-corrected chi connectivity index (χ3v) is 13.3. The molecule has 0 N–H and O–H groups in total. The van der Waals surface area contributed by atoms with Crippen LogP contribution in [0.25, 0.3) is 111 Å². The van der Waals surface area contributed by atoms with Crippen LogP contribution in [-0.4, -0.2) is 25.8 Å². The van der Waals surface area contributed by atoms with Crippen LogP contribution in [-0.2, 0) is 0 Å². The van der Waals surface area contributed by atoms with Crippen LogP contribution in [0.1, 0.15) is 0 Å². The van der Waals surface area contributed by atoms with Gasteiger partial charge in [-0.05, 0) is 81.1 Å². The van der Waals surface area contributed by atoms with E-state index in [9.17, 15) is 0 Å². The van der Waals surface area contributed by atoms with E-state index < -0.39 is 0 Å². The summed E-state index contributed by atoms with van der Waals surface area (Å²) in [4.78, 5) is 10.6. The second kappa shape index (κ2) is 12.3. The van der Waals surface area contributed by atoms with Crippen molar-refractivity contribution in [3.05, 3.63) is 200 Å². The van der Waals surface area contributed by atoms with E-state index in [-0.39, 0.29) is 6.71 Å². The number of hydrogen-bond donors (Lipinski definition) is 0. The fourth-order valence-electron chi connectivity index (χ4n) is 10.7. The first-order chi connectivity index (χ1) is 30.3. The fraction of sp³-hybridized carbons (Fsp3) is 0. The van der Waals surface area contributed by atoms with E-state index in [0.29, 0.717) is 0 Å². The van der Waals surface area contributed by atoms with Crippen molar-refractivity contribution >= 4 is 77.6 Å². The lowest BCUT2D eigenvalue weighted by Gasteiger charge is -2.34. The van der Waals surface area contributed by atoms with E-state index >= 15 is 0 Å². The highest BCUT2D eigenvalue weighted by atomic mass is 15.0. The average molecular weight is 773 g/mol. The van der Waals surface area contributed by atoms with E-state index in [4.69, 9.17) is 9.97 Å². The minimum Gasteiger partial charge on any atom is -0.310 e. The maximum Gasteiger partial charge on any atom is 0.252 e. The summed E-state index contributed by atoms with van der Waals surface area (Å²) in [6.45, 7) is 0.0317. The summed E-state index contributed by atoms with van der Waals surface area (Å²) in [5.41, 5.74) is 20.1. The molecule has 0 amide bonds. The van der Waals surface area contributed by atoms with Gasteiger partial charge in [-0.15, -0.1) is 0 Å². The number of para-hydroxylation sites is 3. The van der Waals surface area contributed by atoms with Crippen LogP contribution in [0.5, 0.6) is 0 Å². The van der Waals surface area contributed by atoms with Gasteiger partial charge in [0.2, 0.25) is 0 Å². The average Bonchev–Trinajstić information content (AvgIpc) is 3.85. The molecule has 0 aliphatic carbocycles.